The molecular formula is C17H15N3O3S. The monoisotopic (exact) mass is 341 g/mol. The number of rotatable bonds is 6. The van der Waals surface area contributed by atoms with E-state index in [1.54, 1.807) is 19.2 Å². The summed E-state index contributed by atoms with van der Waals surface area (Å²) in [6, 6.07) is 14.7. The van der Waals surface area contributed by atoms with Crippen molar-refractivity contribution in [2.75, 3.05) is 18.2 Å². The highest BCUT2D eigenvalue weighted by atomic mass is 32.2. The zero-order chi connectivity index (χ0) is 16.8. The molecule has 1 aromatic carbocycles. The molecule has 0 aliphatic heterocycles. The Morgan fingerprint density at radius 2 is 2.12 bits per heavy atom. The highest BCUT2D eigenvalue weighted by Gasteiger charge is 2.07. The van der Waals surface area contributed by atoms with E-state index in [9.17, 15) is 4.79 Å². The number of amides is 1. The molecule has 0 saturated heterocycles. The fraction of sp³-hybridized carbons (Fsp3) is 0.118. The molecule has 0 aliphatic rings. The van der Waals surface area contributed by atoms with E-state index in [1.165, 1.54) is 18.0 Å². The first-order valence-corrected chi connectivity index (χ1v) is 8.17. The molecule has 0 atom stereocenters. The lowest BCUT2D eigenvalue weighted by atomic mass is 10.1. The van der Waals surface area contributed by atoms with Crippen molar-refractivity contribution < 1.29 is 13.9 Å². The summed E-state index contributed by atoms with van der Waals surface area (Å²) in [6.07, 6.45) is 1.51. The summed E-state index contributed by atoms with van der Waals surface area (Å²) in [5.74, 6) is 1.27. The standard InChI is InChI=1S/C17H15N3O3S/c1-22-13-5-2-4-12(10-13)14-7-8-17(20-19-14)24-11-15(21)18-16-6-3-9-23-16/h2-10H,11H2,1H3,(H,18,21). The van der Waals surface area contributed by atoms with Gasteiger partial charge in [-0.2, -0.15) is 0 Å². The van der Waals surface area contributed by atoms with Crippen molar-refractivity contribution in [2.45, 2.75) is 5.03 Å². The molecule has 3 aromatic rings. The Hall–Kier alpha value is -2.80. The van der Waals surface area contributed by atoms with Gasteiger partial charge in [0, 0.05) is 11.6 Å². The van der Waals surface area contributed by atoms with E-state index in [0.717, 1.165) is 17.0 Å². The van der Waals surface area contributed by atoms with Crippen LogP contribution in [-0.2, 0) is 4.79 Å². The molecule has 0 unspecified atom stereocenters. The van der Waals surface area contributed by atoms with Gasteiger partial charge in [-0.3, -0.25) is 10.1 Å². The molecule has 7 heteroatoms. The third-order valence-corrected chi connectivity index (χ3v) is 4.06. The Morgan fingerprint density at radius 3 is 2.83 bits per heavy atom. The Kier molecular flexibility index (Phi) is 5.12. The van der Waals surface area contributed by atoms with E-state index in [0.29, 0.717) is 10.9 Å². The first-order chi connectivity index (χ1) is 11.7. The predicted octanol–water partition coefficient (Wildman–Crippen LogP) is 3.48. The molecule has 1 amide bonds. The van der Waals surface area contributed by atoms with Crippen LogP contribution >= 0.6 is 11.8 Å². The quantitative estimate of drug-likeness (QED) is 0.692. The summed E-state index contributed by atoms with van der Waals surface area (Å²) in [6.45, 7) is 0. The lowest BCUT2D eigenvalue weighted by Crippen LogP contribution is -2.13. The van der Waals surface area contributed by atoms with Crippen molar-refractivity contribution in [3.63, 3.8) is 0 Å². The van der Waals surface area contributed by atoms with E-state index >= 15 is 0 Å². The fourth-order valence-corrected chi connectivity index (χ4v) is 2.61. The van der Waals surface area contributed by atoms with Crippen LogP contribution in [0.2, 0.25) is 0 Å². The van der Waals surface area contributed by atoms with Crippen LogP contribution in [0.3, 0.4) is 0 Å². The number of nitrogens with one attached hydrogen (secondary N) is 1. The fourth-order valence-electron chi connectivity index (χ4n) is 2.00. The lowest BCUT2D eigenvalue weighted by molar-refractivity contribution is -0.113. The number of nitrogens with zero attached hydrogens (tertiary/aromatic N) is 2. The number of anilines is 1. The number of hydrogen-bond acceptors (Lipinski definition) is 6. The minimum atomic E-state index is -0.159. The van der Waals surface area contributed by atoms with Gasteiger partial charge in [0.15, 0.2) is 5.88 Å². The Balaban J connectivity index is 1.59. The zero-order valence-electron chi connectivity index (χ0n) is 12.9. The van der Waals surface area contributed by atoms with Crippen molar-refractivity contribution in [1.29, 1.82) is 0 Å². The number of thioether (sulfide) groups is 1. The molecule has 6 nitrogen and oxygen atoms in total. The Bertz CT molecular complexity index is 804. The van der Waals surface area contributed by atoms with Crippen molar-refractivity contribution in [2.24, 2.45) is 0 Å². The van der Waals surface area contributed by atoms with Crippen LogP contribution in [0.5, 0.6) is 5.75 Å². The van der Waals surface area contributed by atoms with Crippen LogP contribution in [0.4, 0.5) is 5.88 Å². The predicted molar refractivity (Wildman–Crippen MR) is 92.1 cm³/mol. The molecule has 0 spiro atoms. The van der Waals surface area contributed by atoms with E-state index in [4.69, 9.17) is 9.15 Å². The summed E-state index contributed by atoms with van der Waals surface area (Å²) >= 11 is 1.31. The van der Waals surface area contributed by atoms with E-state index in [1.807, 2.05) is 36.4 Å². The van der Waals surface area contributed by atoms with E-state index in [2.05, 4.69) is 15.5 Å². The van der Waals surface area contributed by atoms with Crippen LogP contribution < -0.4 is 10.1 Å². The topological polar surface area (TPSA) is 77.2 Å². The number of furan rings is 1. The molecule has 0 aliphatic carbocycles. The second-order valence-corrected chi connectivity index (χ2v) is 5.80. The molecule has 3 rings (SSSR count). The third kappa shape index (κ3) is 4.14. The van der Waals surface area contributed by atoms with Crippen molar-refractivity contribution >= 4 is 23.6 Å². The normalized spacial score (nSPS) is 10.4. The zero-order valence-corrected chi connectivity index (χ0v) is 13.7. The summed E-state index contributed by atoms with van der Waals surface area (Å²) in [5.41, 5.74) is 1.67. The highest BCUT2D eigenvalue weighted by Crippen LogP contribution is 2.23. The number of aromatic nitrogens is 2. The maximum absolute atomic E-state index is 11.8. The van der Waals surface area contributed by atoms with Crippen LogP contribution in [0.1, 0.15) is 0 Å². The number of ether oxygens (including phenoxy) is 1. The highest BCUT2D eigenvalue weighted by molar-refractivity contribution is 7.99. The maximum atomic E-state index is 11.8. The second-order valence-electron chi connectivity index (χ2n) is 4.80. The molecule has 0 bridgehead atoms. The van der Waals surface area contributed by atoms with Gasteiger partial charge < -0.3 is 9.15 Å². The van der Waals surface area contributed by atoms with Crippen LogP contribution in [-0.4, -0.2) is 29.0 Å². The van der Waals surface area contributed by atoms with Crippen molar-refractivity contribution in [3.8, 4) is 17.0 Å². The van der Waals surface area contributed by atoms with E-state index < -0.39 is 0 Å². The molecule has 0 fully saturated rings. The molecule has 2 heterocycles. The Morgan fingerprint density at radius 1 is 1.21 bits per heavy atom. The average Bonchev–Trinajstić information content (AvgIpc) is 3.13. The number of carbonyl (C=O) groups excluding carboxylic acids is 1. The maximum Gasteiger partial charge on any atom is 0.237 e. The Labute approximate surface area is 143 Å². The second kappa shape index (κ2) is 7.65. The van der Waals surface area contributed by atoms with Gasteiger partial charge in [-0.15, -0.1) is 10.2 Å². The van der Waals surface area contributed by atoms with Crippen molar-refractivity contribution in [3.05, 3.63) is 54.8 Å². The number of hydrogen-bond donors (Lipinski definition) is 1. The van der Waals surface area contributed by atoms with Crippen molar-refractivity contribution in [1.82, 2.24) is 10.2 Å². The molecular weight excluding hydrogens is 326 g/mol. The van der Waals surface area contributed by atoms with Crippen LogP contribution in [0.25, 0.3) is 11.3 Å². The van der Waals surface area contributed by atoms with Gasteiger partial charge in [0.25, 0.3) is 0 Å². The van der Waals surface area contributed by atoms with Gasteiger partial charge in [0.05, 0.1) is 24.8 Å². The molecule has 1 N–H and O–H groups in total. The van der Waals surface area contributed by atoms with Gasteiger partial charge in [0.1, 0.15) is 10.8 Å². The smallest absolute Gasteiger partial charge is 0.237 e. The van der Waals surface area contributed by atoms with Crippen LogP contribution in [0.15, 0.2) is 64.2 Å². The van der Waals surface area contributed by atoms with Gasteiger partial charge in [-0.1, -0.05) is 23.9 Å². The van der Waals surface area contributed by atoms with E-state index in [-0.39, 0.29) is 11.7 Å². The summed E-state index contributed by atoms with van der Waals surface area (Å²) in [4.78, 5) is 11.8. The van der Waals surface area contributed by atoms with Gasteiger partial charge >= 0.3 is 0 Å². The summed E-state index contributed by atoms with van der Waals surface area (Å²) in [7, 11) is 1.62. The summed E-state index contributed by atoms with van der Waals surface area (Å²) < 4.78 is 10.3. The van der Waals surface area contributed by atoms with Gasteiger partial charge in [-0.05, 0) is 30.3 Å². The first kappa shape index (κ1) is 16.1. The molecule has 122 valence electrons. The number of carbonyl (C=O) groups is 1. The third-order valence-electron chi connectivity index (χ3n) is 3.14. The first-order valence-electron chi connectivity index (χ1n) is 7.19. The average molecular weight is 341 g/mol. The molecule has 2 aromatic heterocycles. The van der Waals surface area contributed by atoms with Gasteiger partial charge in [0.2, 0.25) is 5.91 Å². The molecule has 24 heavy (non-hydrogen) atoms. The minimum Gasteiger partial charge on any atom is -0.497 e. The molecule has 0 radical (unpaired) electrons. The number of benzene rings is 1. The largest absolute Gasteiger partial charge is 0.497 e. The van der Waals surface area contributed by atoms with Crippen LogP contribution in [0, 0.1) is 0 Å². The lowest BCUT2D eigenvalue weighted by Gasteiger charge is -2.05. The minimum absolute atomic E-state index is 0.159. The van der Waals surface area contributed by atoms with Gasteiger partial charge in [-0.25, -0.2) is 0 Å². The summed E-state index contributed by atoms with van der Waals surface area (Å²) in [5, 5.41) is 11.7. The SMILES string of the molecule is COc1cccc(-c2ccc(SCC(=O)Nc3ccco3)nn2)c1. The number of methoxy groups -OCH3 is 1. The molecule has 0 saturated carbocycles.